The van der Waals surface area contributed by atoms with Crippen LogP contribution < -0.4 is 5.32 Å². The summed E-state index contributed by atoms with van der Waals surface area (Å²) in [4.78, 5) is 19.2. The van der Waals surface area contributed by atoms with Crippen molar-refractivity contribution in [3.05, 3.63) is 30.1 Å². The second kappa shape index (κ2) is 8.05. The zero-order valence-electron chi connectivity index (χ0n) is 14.1. The maximum Gasteiger partial charge on any atom is 0.237 e. The molecule has 1 aromatic heterocycles. The molecule has 3 heterocycles. The third kappa shape index (κ3) is 4.12. The number of carbonyl (C=O) groups excluding carboxylic acids is 1. The Balaban J connectivity index is 1.55. The van der Waals surface area contributed by atoms with Gasteiger partial charge in [0.15, 0.2) is 0 Å². The van der Waals surface area contributed by atoms with E-state index in [1.54, 1.807) is 6.20 Å². The number of amides is 1. The van der Waals surface area contributed by atoms with Gasteiger partial charge in [0.05, 0.1) is 18.3 Å². The van der Waals surface area contributed by atoms with Gasteiger partial charge in [-0.3, -0.25) is 14.7 Å². The monoisotopic (exact) mass is 333 g/mol. The number of aromatic nitrogens is 1. The third-order valence-corrected chi connectivity index (χ3v) is 5.28. The fourth-order valence-electron chi connectivity index (χ4n) is 3.60. The highest BCUT2D eigenvalue weighted by atomic mass is 16.5. The van der Waals surface area contributed by atoms with Crippen LogP contribution in [0, 0.1) is 5.41 Å². The van der Waals surface area contributed by atoms with E-state index >= 15 is 0 Å². The molecule has 2 aliphatic rings. The van der Waals surface area contributed by atoms with Gasteiger partial charge in [-0.2, -0.15) is 0 Å². The standard InChI is InChI=1S/C18H27N3O3/c22-14-18(6-10-24-11-7-18)13-20-17(23)16-5-3-9-21(16)12-15-4-1-2-8-19-15/h1-2,4,8,16,22H,3,5-7,9-14H2,(H,20,23). The number of rotatable bonds is 6. The van der Waals surface area contributed by atoms with Crippen LogP contribution in [0.2, 0.25) is 0 Å². The van der Waals surface area contributed by atoms with Crippen LogP contribution >= 0.6 is 0 Å². The maximum absolute atomic E-state index is 12.7. The van der Waals surface area contributed by atoms with E-state index in [-0.39, 0.29) is 24.0 Å². The van der Waals surface area contributed by atoms with Gasteiger partial charge in [-0.1, -0.05) is 6.07 Å². The van der Waals surface area contributed by atoms with Crippen molar-refractivity contribution < 1.29 is 14.6 Å². The Morgan fingerprint density at radius 2 is 2.25 bits per heavy atom. The van der Waals surface area contributed by atoms with Crippen LogP contribution in [0.1, 0.15) is 31.4 Å². The van der Waals surface area contributed by atoms with E-state index in [9.17, 15) is 9.90 Å². The summed E-state index contributed by atoms with van der Waals surface area (Å²) in [7, 11) is 0. The molecule has 0 radical (unpaired) electrons. The normalized spacial score (nSPS) is 24.0. The molecule has 6 heteroatoms. The number of likely N-dealkylation sites (tertiary alicyclic amines) is 1. The summed E-state index contributed by atoms with van der Waals surface area (Å²) in [5.41, 5.74) is 0.770. The number of aliphatic hydroxyl groups is 1. The van der Waals surface area contributed by atoms with Crippen molar-refractivity contribution in [1.29, 1.82) is 0 Å². The quantitative estimate of drug-likeness (QED) is 0.811. The SMILES string of the molecule is O=C(NCC1(CO)CCOCC1)C1CCCN1Cc1ccccn1. The van der Waals surface area contributed by atoms with Crippen molar-refractivity contribution in [2.24, 2.45) is 5.41 Å². The van der Waals surface area contributed by atoms with E-state index in [1.165, 1.54) is 0 Å². The lowest BCUT2D eigenvalue weighted by Crippen LogP contribution is -2.49. The van der Waals surface area contributed by atoms with Crippen molar-refractivity contribution in [3.63, 3.8) is 0 Å². The number of ether oxygens (including phenoxy) is 1. The highest BCUT2D eigenvalue weighted by Gasteiger charge is 2.35. The lowest BCUT2D eigenvalue weighted by molar-refractivity contribution is -0.127. The van der Waals surface area contributed by atoms with Gasteiger partial charge >= 0.3 is 0 Å². The summed E-state index contributed by atoms with van der Waals surface area (Å²) in [5.74, 6) is 0.0720. The molecule has 2 N–H and O–H groups in total. The maximum atomic E-state index is 12.7. The largest absolute Gasteiger partial charge is 0.396 e. The van der Waals surface area contributed by atoms with Crippen LogP contribution in [0.4, 0.5) is 0 Å². The zero-order valence-corrected chi connectivity index (χ0v) is 14.1. The molecule has 1 atom stereocenters. The molecule has 1 aromatic rings. The van der Waals surface area contributed by atoms with Gasteiger partial charge < -0.3 is 15.2 Å². The van der Waals surface area contributed by atoms with E-state index in [4.69, 9.17) is 4.74 Å². The molecular weight excluding hydrogens is 306 g/mol. The average Bonchev–Trinajstić information content (AvgIpc) is 3.09. The Morgan fingerprint density at radius 3 is 2.96 bits per heavy atom. The third-order valence-electron chi connectivity index (χ3n) is 5.28. The van der Waals surface area contributed by atoms with Gasteiger partial charge in [-0.15, -0.1) is 0 Å². The number of hydrogen-bond donors (Lipinski definition) is 2. The molecule has 2 aliphatic heterocycles. The lowest BCUT2D eigenvalue weighted by atomic mass is 9.81. The number of nitrogens with one attached hydrogen (secondary N) is 1. The zero-order chi connectivity index (χ0) is 16.8. The number of hydrogen-bond acceptors (Lipinski definition) is 5. The summed E-state index contributed by atoms with van der Waals surface area (Å²) in [5, 5.41) is 12.8. The van der Waals surface area contributed by atoms with Crippen LogP contribution in [0.15, 0.2) is 24.4 Å². The topological polar surface area (TPSA) is 74.7 Å². The molecule has 6 nitrogen and oxygen atoms in total. The van der Waals surface area contributed by atoms with Crippen molar-refractivity contribution in [1.82, 2.24) is 15.2 Å². The molecule has 2 fully saturated rings. The van der Waals surface area contributed by atoms with Crippen molar-refractivity contribution >= 4 is 5.91 Å². The lowest BCUT2D eigenvalue weighted by Gasteiger charge is -2.36. The van der Waals surface area contributed by atoms with Gasteiger partial charge in [0, 0.05) is 37.9 Å². The fraction of sp³-hybridized carbons (Fsp3) is 0.667. The first kappa shape index (κ1) is 17.3. The molecule has 1 unspecified atom stereocenters. The van der Waals surface area contributed by atoms with Gasteiger partial charge in [0.25, 0.3) is 0 Å². The Labute approximate surface area is 143 Å². The summed E-state index contributed by atoms with van der Waals surface area (Å²) >= 11 is 0. The Hall–Kier alpha value is -1.50. The number of aliphatic hydroxyl groups excluding tert-OH is 1. The number of carbonyl (C=O) groups is 1. The Kier molecular flexibility index (Phi) is 5.81. The minimum Gasteiger partial charge on any atom is -0.396 e. The van der Waals surface area contributed by atoms with Crippen LogP contribution in [0.5, 0.6) is 0 Å². The Bertz CT molecular complexity index is 532. The highest BCUT2D eigenvalue weighted by molar-refractivity contribution is 5.82. The molecule has 2 saturated heterocycles. The molecule has 24 heavy (non-hydrogen) atoms. The minimum atomic E-state index is -0.224. The molecule has 0 bridgehead atoms. The van der Waals surface area contributed by atoms with Crippen LogP contribution in [-0.4, -0.2) is 59.8 Å². The summed E-state index contributed by atoms with van der Waals surface area (Å²) < 4.78 is 5.38. The molecule has 0 aliphatic carbocycles. The molecule has 0 saturated carbocycles. The van der Waals surface area contributed by atoms with Gasteiger partial charge in [-0.05, 0) is 44.4 Å². The van der Waals surface area contributed by atoms with Gasteiger partial charge in [0.2, 0.25) is 5.91 Å². The van der Waals surface area contributed by atoms with Crippen LogP contribution in [0.3, 0.4) is 0 Å². The smallest absolute Gasteiger partial charge is 0.237 e. The van der Waals surface area contributed by atoms with Crippen molar-refractivity contribution in [3.8, 4) is 0 Å². The van der Waals surface area contributed by atoms with Crippen molar-refractivity contribution in [2.75, 3.05) is 32.9 Å². The summed E-state index contributed by atoms with van der Waals surface area (Å²) in [6.07, 6.45) is 5.30. The van der Waals surface area contributed by atoms with E-state index in [2.05, 4.69) is 15.2 Å². The van der Waals surface area contributed by atoms with E-state index < -0.39 is 0 Å². The molecular formula is C18H27N3O3. The average molecular weight is 333 g/mol. The molecule has 132 valence electrons. The van der Waals surface area contributed by atoms with E-state index in [1.807, 2.05) is 18.2 Å². The summed E-state index contributed by atoms with van der Waals surface area (Å²) in [6, 6.07) is 5.78. The first-order chi connectivity index (χ1) is 11.7. The molecule has 3 rings (SSSR count). The Morgan fingerprint density at radius 1 is 1.42 bits per heavy atom. The molecule has 0 spiro atoms. The van der Waals surface area contributed by atoms with Crippen molar-refractivity contribution in [2.45, 2.75) is 38.3 Å². The summed E-state index contributed by atoms with van der Waals surface area (Å²) in [6.45, 7) is 3.57. The first-order valence-corrected chi connectivity index (χ1v) is 8.83. The van der Waals surface area contributed by atoms with Gasteiger partial charge in [0.1, 0.15) is 0 Å². The highest BCUT2D eigenvalue weighted by Crippen LogP contribution is 2.29. The van der Waals surface area contributed by atoms with Gasteiger partial charge in [-0.25, -0.2) is 0 Å². The fourth-order valence-corrected chi connectivity index (χ4v) is 3.60. The first-order valence-electron chi connectivity index (χ1n) is 8.83. The predicted molar refractivity (Wildman–Crippen MR) is 90.3 cm³/mol. The van der Waals surface area contributed by atoms with E-state index in [0.717, 1.165) is 37.9 Å². The second-order valence-electron chi connectivity index (χ2n) is 6.94. The molecule has 1 amide bonds. The van der Waals surface area contributed by atoms with Crippen LogP contribution in [0.25, 0.3) is 0 Å². The predicted octanol–water partition coefficient (Wildman–Crippen LogP) is 0.951. The second-order valence-corrected chi connectivity index (χ2v) is 6.94. The van der Waals surface area contributed by atoms with E-state index in [0.29, 0.717) is 26.3 Å². The van der Waals surface area contributed by atoms with Crippen LogP contribution in [-0.2, 0) is 16.1 Å². The number of pyridine rings is 1. The number of nitrogens with zero attached hydrogens (tertiary/aromatic N) is 2. The minimum absolute atomic E-state index is 0.0720. The molecule has 0 aromatic carbocycles.